The van der Waals surface area contributed by atoms with E-state index in [4.69, 9.17) is 16.9 Å². The highest BCUT2D eigenvalue weighted by molar-refractivity contribution is 6.30. The molecule has 1 aromatic carbocycles. The molecular formula is C15H20ClN3. The topological polar surface area (TPSA) is 39.1 Å². The Balaban J connectivity index is 1.75. The molecule has 0 radical (unpaired) electrons. The third kappa shape index (κ3) is 4.41. The fourth-order valence-corrected chi connectivity index (χ4v) is 2.64. The standard InChI is InChI=1S/C15H20ClN3/c16-14-5-6-15(13(11-14)12-17)18-7-4-10-19-8-2-1-3-9-19/h5-6,11,18H,1-4,7-10H2. The Morgan fingerprint density at radius 3 is 2.79 bits per heavy atom. The predicted molar refractivity (Wildman–Crippen MR) is 79.6 cm³/mol. The minimum Gasteiger partial charge on any atom is -0.384 e. The Labute approximate surface area is 120 Å². The second kappa shape index (κ2) is 7.37. The van der Waals surface area contributed by atoms with Crippen molar-refractivity contribution in [3.05, 3.63) is 28.8 Å². The van der Waals surface area contributed by atoms with Crippen LogP contribution in [0.15, 0.2) is 18.2 Å². The average Bonchev–Trinajstić information content (AvgIpc) is 2.46. The number of piperidine rings is 1. The van der Waals surface area contributed by atoms with Crippen LogP contribution in [0.25, 0.3) is 0 Å². The van der Waals surface area contributed by atoms with Gasteiger partial charge in [-0.05, 0) is 57.1 Å². The van der Waals surface area contributed by atoms with Gasteiger partial charge in [0.25, 0.3) is 0 Å². The number of rotatable bonds is 5. The van der Waals surface area contributed by atoms with E-state index in [2.05, 4.69) is 16.3 Å². The minimum absolute atomic E-state index is 0.607. The number of nitrogens with zero attached hydrogens (tertiary/aromatic N) is 2. The molecule has 0 amide bonds. The molecule has 1 aliphatic heterocycles. The molecule has 0 spiro atoms. The Morgan fingerprint density at radius 1 is 1.26 bits per heavy atom. The molecular weight excluding hydrogens is 258 g/mol. The van der Waals surface area contributed by atoms with Crippen LogP contribution in [0.1, 0.15) is 31.2 Å². The maximum Gasteiger partial charge on any atom is 0.101 e. The van der Waals surface area contributed by atoms with Crippen LogP contribution in [0.3, 0.4) is 0 Å². The van der Waals surface area contributed by atoms with E-state index in [0.717, 1.165) is 25.2 Å². The molecule has 0 atom stereocenters. The third-order valence-electron chi connectivity index (χ3n) is 3.52. The Bertz CT molecular complexity index is 447. The summed E-state index contributed by atoms with van der Waals surface area (Å²) in [6, 6.07) is 7.56. The maximum absolute atomic E-state index is 9.05. The molecule has 1 aliphatic rings. The van der Waals surface area contributed by atoms with Gasteiger partial charge in [-0.25, -0.2) is 0 Å². The molecule has 0 aliphatic carbocycles. The molecule has 1 saturated heterocycles. The Kier molecular flexibility index (Phi) is 5.50. The number of benzene rings is 1. The summed E-state index contributed by atoms with van der Waals surface area (Å²) in [5.74, 6) is 0. The summed E-state index contributed by atoms with van der Waals surface area (Å²) in [7, 11) is 0. The molecule has 0 unspecified atom stereocenters. The quantitative estimate of drug-likeness (QED) is 0.837. The van der Waals surface area contributed by atoms with Crippen LogP contribution in [-0.2, 0) is 0 Å². The van der Waals surface area contributed by atoms with Crippen molar-refractivity contribution in [1.29, 1.82) is 5.26 Å². The van der Waals surface area contributed by atoms with Crippen LogP contribution >= 0.6 is 11.6 Å². The molecule has 1 fully saturated rings. The Hall–Kier alpha value is -1.24. The minimum atomic E-state index is 0.607. The fourth-order valence-electron chi connectivity index (χ4n) is 2.47. The SMILES string of the molecule is N#Cc1cc(Cl)ccc1NCCCN1CCCCC1. The van der Waals surface area contributed by atoms with Gasteiger partial charge in [-0.2, -0.15) is 5.26 Å². The van der Waals surface area contributed by atoms with E-state index < -0.39 is 0 Å². The van der Waals surface area contributed by atoms with E-state index >= 15 is 0 Å². The summed E-state index contributed by atoms with van der Waals surface area (Å²) in [6.45, 7) is 4.52. The van der Waals surface area contributed by atoms with Gasteiger partial charge in [0, 0.05) is 11.6 Å². The van der Waals surface area contributed by atoms with Crippen molar-refractivity contribution in [2.24, 2.45) is 0 Å². The largest absolute Gasteiger partial charge is 0.384 e. The van der Waals surface area contributed by atoms with Gasteiger partial charge in [0.2, 0.25) is 0 Å². The summed E-state index contributed by atoms with van der Waals surface area (Å²) >= 11 is 5.87. The molecule has 2 rings (SSSR count). The van der Waals surface area contributed by atoms with Gasteiger partial charge in [-0.3, -0.25) is 0 Å². The monoisotopic (exact) mass is 277 g/mol. The van der Waals surface area contributed by atoms with Crippen LogP contribution in [0, 0.1) is 11.3 Å². The first kappa shape index (κ1) is 14.2. The van der Waals surface area contributed by atoms with Gasteiger partial charge in [0.1, 0.15) is 6.07 Å². The zero-order valence-electron chi connectivity index (χ0n) is 11.2. The van der Waals surface area contributed by atoms with Gasteiger partial charge in [0.15, 0.2) is 0 Å². The van der Waals surface area contributed by atoms with Gasteiger partial charge in [0.05, 0.1) is 11.3 Å². The molecule has 0 aromatic heterocycles. The van der Waals surface area contributed by atoms with Crippen LogP contribution in [0.2, 0.25) is 5.02 Å². The van der Waals surface area contributed by atoms with E-state index in [9.17, 15) is 0 Å². The van der Waals surface area contributed by atoms with Crippen molar-refractivity contribution in [2.75, 3.05) is 31.5 Å². The normalized spacial score (nSPS) is 16.0. The Morgan fingerprint density at radius 2 is 2.05 bits per heavy atom. The maximum atomic E-state index is 9.05. The van der Waals surface area contributed by atoms with E-state index in [1.807, 2.05) is 12.1 Å². The smallest absolute Gasteiger partial charge is 0.101 e. The van der Waals surface area contributed by atoms with Crippen LogP contribution in [0.4, 0.5) is 5.69 Å². The van der Waals surface area contributed by atoms with Crippen LogP contribution < -0.4 is 5.32 Å². The van der Waals surface area contributed by atoms with E-state index in [1.54, 1.807) is 6.07 Å². The van der Waals surface area contributed by atoms with Crippen molar-refractivity contribution in [3.8, 4) is 6.07 Å². The highest BCUT2D eigenvalue weighted by atomic mass is 35.5. The summed E-state index contributed by atoms with van der Waals surface area (Å²) in [5.41, 5.74) is 1.50. The molecule has 1 aromatic rings. The van der Waals surface area contributed by atoms with Gasteiger partial charge in [-0.1, -0.05) is 18.0 Å². The van der Waals surface area contributed by atoms with Crippen molar-refractivity contribution in [3.63, 3.8) is 0 Å². The lowest BCUT2D eigenvalue weighted by Crippen LogP contribution is -2.31. The average molecular weight is 278 g/mol. The van der Waals surface area contributed by atoms with E-state index in [0.29, 0.717) is 10.6 Å². The highest BCUT2D eigenvalue weighted by Crippen LogP contribution is 2.19. The van der Waals surface area contributed by atoms with Crippen LogP contribution in [-0.4, -0.2) is 31.1 Å². The summed E-state index contributed by atoms with van der Waals surface area (Å²) in [6.07, 6.45) is 5.16. The predicted octanol–water partition coefficient (Wildman–Crippen LogP) is 3.50. The number of nitriles is 1. The van der Waals surface area contributed by atoms with Crippen molar-refractivity contribution < 1.29 is 0 Å². The molecule has 1 N–H and O–H groups in total. The zero-order valence-corrected chi connectivity index (χ0v) is 11.9. The number of likely N-dealkylation sites (tertiary alicyclic amines) is 1. The summed E-state index contributed by atoms with van der Waals surface area (Å²) < 4.78 is 0. The van der Waals surface area contributed by atoms with Gasteiger partial charge < -0.3 is 10.2 Å². The second-order valence-electron chi connectivity index (χ2n) is 4.98. The van der Waals surface area contributed by atoms with Crippen LogP contribution in [0.5, 0.6) is 0 Å². The molecule has 3 nitrogen and oxygen atoms in total. The zero-order chi connectivity index (χ0) is 13.5. The lowest BCUT2D eigenvalue weighted by atomic mass is 10.1. The van der Waals surface area contributed by atoms with Crippen molar-refractivity contribution >= 4 is 17.3 Å². The number of halogens is 1. The summed E-state index contributed by atoms with van der Waals surface area (Å²) in [4.78, 5) is 2.53. The fraction of sp³-hybridized carbons (Fsp3) is 0.533. The van der Waals surface area contributed by atoms with Crippen molar-refractivity contribution in [1.82, 2.24) is 4.90 Å². The van der Waals surface area contributed by atoms with Crippen molar-refractivity contribution in [2.45, 2.75) is 25.7 Å². The molecule has 4 heteroatoms. The summed E-state index contributed by atoms with van der Waals surface area (Å²) in [5, 5.41) is 13.0. The first-order chi connectivity index (χ1) is 9.29. The third-order valence-corrected chi connectivity index (χ3v) is 3.75. The van der Waals surface area contributed by atoms with E-state index in [1.165, 1.54) is 32.4 Å². The van der Waals surface area contributed by atoms with E-state index in [-0.39, 0.29) is 0 Å². The van der Waals surface area contributed by atoms with Gasteiger partial charge in [-0.15, -0.1) is 0 Å². The first-order valence-corrected chi connectivity index (χ1v) is 7.33. The lowest BCUT2D eigenvalue weighted by Gasteiger charge is -2.26. The number of nitrogens with one attached hydrogen (secondary N) is 1. The first-order valence-electron chi connectivity index (χ1n) is 6.95. The molecule has 0 bridgehead atoms. The second-order valence-corrected chi connectivity index (χ2v) is 5.42. The highest BCUT2D eigenvalue weighted by Gasteiger charge is 2.09. The molecule has 0 saturated carbocycles. The number of hydrogen-bond acceptors (Lipinski definition) is 3. The van der Waals surface area contributed by atoms with Gasteiger partial charge >= 0.3 is 0 Å². The molecule has 102 valence electrons. The number of anilines is 1. The number of hydrogen-bond donors (Lipinski definition) is 1. The lowest BCUT2D eigenvalue weighted by molar-refractivity contribution is 0.228. The molecule has 19 heavy (non-hydrogen) atoms. The molecule has 1 heterocycles.